The van der Waals surface area contributed by atoms with E-state index in [2.05, 4.69) is 52.1 Å². The molecule has 0 saturated carbocycles. The molecular formula is C17H19BrClN. The number of fused-ring (bicyclic) bond motifs is 2. The first-order valence-corrected chi connectivity index (χ1v) is 8.26. The maximum absolute atomic E-state index is 6.61. The molecule has 1 aliphatic rings. The molecule has 0 amide bonds. The number of pyridine rings is 1. The molecule has 0 aliphatic heterocycles. The number of aryl methyl sites for hydroxylation is 3. The highest BCUT2D eigenvalue weighted by Crippen LogP contribution is 2.36. The predicted octanol–water partition coefficient (Wildman–Crippen LogP) is 5.61. The quantitative estimate of drug-likeness (QED) is 0.562. The number of alkyl halides is 1. The summed E-state index contributed by atoms with van der Waals surface area (Å²) in [6, 6.07) is 8.64. The van der Waals surface area contributed by atoms with E-state index in [0.29, 0.717) is 0 Å². The number of hydrogen-bond acceptors (Lipinski definition) is 1. The van der Waals surface area contributed by atoms with Gasteiger partial charge in [0.05, 0.1) is 5.69 Å². The molecule has 0 radical (unpaired) electrons. The van der Waals surface area contributed by atoms with Crippen molar-refractivity contribution in [2.24, 2.45) is 0 Å². The van der Waals surface area contributed by atoms with Gasteiger partial charge in [-0.3, -0.25) is 4.98 Å². The summed E-state index contributed by atoms with van der Waals surface area (Å²) in [5.41, 5.74) is 6.10. The Morgan fingerprint density at radius 3 is 2.60 bits per heavy atom. The number of hydrogen-bond donors (Lipinski definition) is 0. The van der Waals surface area contributed by atoms with Gasteiger partial charge in [0.2, 0.25) is 0 Å². The lowest BCUT2D eigenvalue weighted by molar-refractivity contribution is 0.946. The number of nitrogens with zero attached hydrogens (tertiary/aromatic N) is 1. The van der Waals surface area contributed by atoms with Crippen LogP contribution in [0.1, 0.15) is 47.2 Å². The maximum Gasteiger partial charge on any atom is 0.101 e. The third kappa shape index (κ3) is 3.07. The average Bonchev–Trinajstić information content (AvgIpc) is 2.59. The Bertz CT molecular complexity index is 556. The number of aromatic nitrogens is 1. The van der Waals surface area contributed by atoms with Crippen LogP contribution in [0.5, 0.6) is 0 Å². The van der Waals surface area contributed by atoms with Crippen LogP contribution in [-0.4, -0.2) is 4.98 Å². The molecule has 3 rings (SSSR count). The van der Waals surface area contributed by atoms with Crippen LogP contribution >= 0.6 is 27.5 Å². The third-order valence-corrected chi connectivity index (χ3v) is 4.32. The fraction of sp³-hybridized carbons (Fsp3) is 0.353. The van der Waals surface area contributed by atoms with Gasteiger partial charge in [-0.2, -0.15) is 0 Å². The largest absolute Gasteiger partial charge is 0.258 e. The van der Waals surface area contributed by atoms with Gasteiger partial charge in [-0.25, -0.2) is 0 Å². The minimum absolute atomic E-state index is 0.133. The number of halogens is 2. The van der Waals surface area contributed by atoms with Crippen molar-refractivity contribution < 1.29 is 0 Å². The van der Waals surface area contributed by atoms with Crippen molar-refractivity contribution in [3.8, 4) is 0 Å². The van der Waals surface area contributed by atoms with Crippen LogP contribution in [0, 0.1) is 6.92 Å². The van der Waals surface area contributed by atoms with Crippen molar-refractivity contribution in [1.29, 1.82) is 0 Å². The summed E-state index contributed by atoms with van der Waals surface area (Å²) in [4.78, 5) is 4.50. The fourth-order valence-electron chi connectivity index (χ4n) is 2.54. The van der Waals surface area contributed by atoms with Gasteiger partial charge in [0, 0.05) is 10.7 Å². The second-order valence-corrected chi connectivity index (χ2v) is 6.11. The van der Waals surface area contributed by atoms with Gasteiger partial charge < -0.3 is 0 Å². The molecule has 0 N–H and O–H groups in total. The summed E-state index contributed by atoms with van der Waals surface area (Å²) in [5, 5.41) is -0.133. The topological polar surface area (TPSA) is 12.9 Å². The number of rotatable bonds is 0. The standard InChI is InChI=1S/C15H13BrClN.C2H6/c1-9-2-5-13-10(6-9)3-4-11-7-12(16)8-18-15(11)14(13)17;1-2/h2,5-8,14H,3-4H2,1H3;1-2H3. The van der Waals surface area contributed by atoms with Crippen molar-refractivity contribution in [1.82, 2.24) is 4.98 Å². The normalized spacial score (nSPS) is 16.4. The zero-order valence-corrected chi connectivity index (χ0v) is 14.4. The van der Waals surface area contributed by atoms with E-state index in [0.717, 1.165) is 23.0 Å². The minimum atomic E-state index is -0.133. The molecule has 1 aliphatic carbocycles. The first-order valence-electron chi connectivity index (χ1n) is 7.03. The van der Waals surface area contributed by atoms with Gasteiger partial charge in [-0.1, -0.05) is 37.6 Å². The van der Waals surface area contributed by atoms with Gasteiger partial charge in [0.1, 0.15) is 5.38 Å². The van der Waals surface area contributed by atoms with Crippen LogP contribution in [0.2, 0.25) is 0 Å². The van der Waals surface area contributed by atoms with E-state index in [9.17, 15) is 0 Å². The third-order valence-electron chi connectivity index (χ3n) is 3.44. The molecule has 0 bridgehead atoms. The molecule has 1 atom stereocenters. The van der Waals surface area contributed by atoms with Crippen molar-refractivity contribution in [2.45, 2.75) is 39.0 Å². The molecule has 1 aromatic carbocycles. The summed E-state index contributed by atoms with van der Waals surface area (Å²) in [7, 11) is 0. The highest BCUT2D eigenvalue weighted by atomic mass is 79.9. The van der Waals surface area contributed by atoms with Gasteiger partial charge in [0.15, 0.2) is 0 Å². The molecule has 1 aromatic heterocycles. The highest BCUT2D eigenvalue weighted by Gasteiger charge is 2.23. The van der Waals surface area contributed by atoms with Gasteiger partial charge >= 0.3 is 0 Å². The van der Waals surface area contributed by atoms with E-state index >= 15 is 0 Å². The minimum Gasteiger partial charge on any atom is -0.258 e. The smallest absolute Gasteiger partial charge is 0.101 e. The molecule has 1 nitrogen and oxygen atoms in total. The van der Waals surface area contributed by atoms with Crippen LogP contribution in [0.25, 0.3) is 0 Å². The molecule has 0 fully saturated rings. The van der Waals surface area contributed by atoms with Gasteiger partial charge in [0.25, 0.3) is 0 Å². The lowest BCUT2D eigenvalue weighted by atomic mass is 10.00. The summed E-state index contributed by atoms with van der Waals surface area (Å²) < 4.78 is 1.02. The van der Waals surface area contributed by atoms with Gasteiger partial charge in [-0.15, -0.1) is 11.6 Å². The second kappa shape index (κ2) is 6.73. The first kappa shape index (κ1) is 15.5. The van der Waals surface area contributed by atoms with Crippen molar-refractivity contribution >= 4 is 27.5 Å². The van der Waals surface area contributed by atoms with Crippen molar-refractivity contribution in [3.63, 3.8) is 0 Å². The van der Waals surface area contributed by atoms with E-state index in [-0.39, 0.29) is 5.38 Å². The molecule has 2 aromatic rings. The zero-order valence-electron chi connectivity index (χ0n) is 12.1. The van der Waals surface area contributed by atoms with Crippen LogP contribution < -0.4 is 0 Å². The molecule has 0 spiro atoms. The van der Waals surface area contributed by atoms with E-state index in [4.69, 9.17) is 11.6 Å². The van der Waals surface area contributed by atoms with Crippen molar-refractivity contribution in [3.05, 3.63) is 62.9 Å². The Balaban J connectivity index is 0.000000704. The summed E-state index contributed by atoms with van der Waals surface area (Å²) in [5.74, 6) is 0. The Morgan fingerprint density at radius 1 is 1.15 bits per heavy atom. The molecule has 1 unspecified atom stereocenters. The van der Waals surface area contributed by atoms with Crippen LogP contribution in [0.3, 0.4) is 0 Å². The average molecular weight is 353 g/mol. The predicted molar refractivity (Wildman–Crippen MR) is 89.6 cm³/mol. The summed E-state index contributed by atoms with van der Waals surface area (Å²) in [6.45, 7) is 6.12. The Morgan fingerprint density at radius 2 is 1.85 bits per heavy atom. The highest BCUT2D eigenvalue weighted by molar-refractivity contribution is 9.10. The Labute approximate surface area is 134 Å². The van der Waals surface area contributed by atoms with Gasteiger partial charge in [-0.05, 0) is 58.5 Å². The van der Waals surface area contributed by atoms with Crippen LogP contribution in [-0.2, 0) is 12.8 Å². The van der Waals surface area contributed by atoms with E-state index in [1.807, 2.05) is 20.0 Å². The molecule has 106 valence electrons. The van der Waals surface area contributed by atoms with E-state index in [1.54, 1.807) is 0 Å². The molecular weight excluding hydrogens is 334 g/mol. The Kier molecular flexibility index (Phi) is 5.22. The zero-order chi connectivity index (χ0) is 14.7. The van der Waals surface area contributed by atoms with E-state index < -0.39 is 0 Å². The lowest BCUT2D eigenvalue weighted by Crippen LogP contribution is -2.00. The van der Waals surface area contributed by atoms with Crippen LogP contribution in [0.4, 0.5) is 0 Å². The maximum atomic E-state index is 6.61. The molecule has 20 heavy (non-hydrogen) atoms. The van der Waals surface area contributed by atoms with E-state index in [1.165, 1.54) is 22.3 Å². The second-order valence-electron chi connectivity index (χ2n) is 4.76. The van der Waals surface area contributed by atoms with Crippen LogP contribution in [0.15, 0.2) is 34.9 Å². The summed E-state index contributed by atoms with van der Waals surface area (Å²) in [6.07, 6.45) is 3.86. The molecule has 0 saturated heterocycles. The first-order chi connectivity index (χ1) is 9.65. The van der Waals surface area contributed by atoms with Crippen molar-refractivity contribution in [2.75, 3.05) is 0 Å². The lowest BCUT2D eigenvalue weighted by Gasteiger charge is -2.13. The summed E-state index contributed by atoms with van der Waals surface area (Å²) >= 11 is 10.1. The number of benzene rings is 1. The SMILES string of the molecule is CC.Cc1ccc2c(c1)CCc1cc(Br)cnc1C2Cl. The molecule has 1 heterocycles. The Hall–Kier alpha value is -0.860. The molecule has 3 heteroatoms. The monoisotopic (exact) mass is 351 g/mol. The fourth-order valence-corrected chi connectivity index (χ4v) is 3.32.